The van der Waals surface area contributed by atoms with Gasteiger partial charge in [-0.05, 0) is 38.1 Å². The Morgan fingerprint density at radius 3 is 3.05 bits per heavy atom. The Hall–Kier alpha value is -1.46. The molecule has 1 fully saturated rings. The van der Waals surface area contributed by atoms with Gasteiger partial charge < -0.3 is 5.73 Å². The highest BCUT2D eigenvalue weighted by Gasteiger charge is 2.26. The minimum Gasteiger partial charge on any atom is -0.325 e. The fourth-order valence-corrected chi connectivity index (χ4v) is 2.93. The second-order valence-corrected chi connectivity index (χ2v) is 5.10. The van der Waals surface area contributed by atoms with Crippen LogP contribution in [0.25, 0.3) is 5.65 Å². The topological polar surface area (TPSA) is 59.5 Å². The number of likely N-dealkylation sites (tertiary alicyclic amines) is 1. The van der Waals surface area contributed by atoms with Crippen molar-refractivity contribution >= 4 is 5.65 Å². The Bertz CT molecular complexity index is 562. The maximum atomic E-state index is 5.76. The molecule has 0 aliphatic carbocycles. The van der Waals surface area contributed by atoms with E-state index in [-0.39, 0.29) is 0 Å². The third-order valence-electron chi connectivity index (χ3n) is 3.98. The third kappa shape index (κ3) is 2.24. The largest absolute Gasteiger partial charge is 0.325 e. The Balaban J connectivity index is 2.00. The number of aromatic nitrogens is 3. The van der Waals surface area contributed by atoms with Gasteiger partial charge in [-0.2, -0.15) is 0 Å². The predicted octanol–water partition coefficient (Wildman–Crippen LogP) is 1.73. The van der Waals surface area contributed by atoms with Gasteiger partial charge in [0.05, 0.1) is 11.7 Å². The number of nitrogens with zero attached hydrogens (tertiary/aromatic N) is 4. The van der Waals surface area contributed by atoms with Crippen LogP contribution in [0.3, 0.4) is 0 Å². The van der Waals surface area contributed by atoms with E-state index in [0.717, 1.165) is 36.7 Å². The lowest BCUT2D eigenvalue weighted by atomic mass is 10.0. The summed E-state index contributed by atoms with van der Waals surface area (Å²) in [4.78, 5) is 7.17. The quantitative estimate of drug-likeness (QED) is 0.912. The number of hydrogen-bond acceptors (Lipinski definition) is 4. The molecule has 0 amide bonds. The summed E-state index contributed by atoms with van der Waals surface area (Å²) in [7, 11) is 0. The van der Waals surface area contributed by atoms with Crippen molar-refractivity contribution in [3.05, 3.63) is 29.7 Å². The molecule has 1 aliphatic rings. The fraction of sp³-hybridized carbons (Fsp3) is 0.571. The maximum absolute atomic E-state index is 5.76. The van der Waals surface area contributed by atoms with Gasteiger partial charge in [-0.3, -0.25) is 4.90 Å². The number of piperidine rings is 1. The van der Waals surface area contributed by atoms with Crippen molar-refractivity contribution in [3.63, 3.8) is 0 Å². The summed E-state index contributed by atoms with van der Waals surface area (Å²) >= 11 is 0. The van der Waals surface area contributed by atoms with Gasteiger partial charge in [0.15, 0.2) is 11.5 Å². The standard InChI is InChI=1S/C14H21N5/c1-2-18-9-4-3-7-12(18)14-16-13-8-5-6-11(10-15)19(13)17-14/h5-6,8,12H,2-4,7,9-10,15H2,1H3. The summed E-state index contributed by atoms with van der Waals surface area (Å²) in [5.74, 6) is 0.947. The Labute approximate surface area is 113 Å². The molecular weight excluding hydrogens is 238 g/mol. The van der Waals surface area contributed by atoms with E-state index in [9.17, 15) is 0 Å². The lowest BCUT2D eigenvalue weighted by Gasteiger charge is -2.32. The van der Waals surface area contributed by atoms with Crippen LogP contribution in [0.1, 0.15) is 43.7 Å². The molecule has 1 atom stereocenters. The van der Waals surface area contributed by atoms with E-state index in [1.54, 1.807) is 0 Å². The molecular formula is C14H21N5. The molecule has 0 bridgehead atoms. The average molecular weight is 259 g/mol. The number of hydrogen-bond donors (Lipinski definition) is 1. The van der Waals surface area contributed by atoms with E-state index in [1.165, 1.54) is 12.8 Å². The van der Waals surface area contributed by atoms with Crippen molar-refractivity contribution in [2.45, 2.75) is 38.8 Å². The van der Waals surface area contributed by atoms with Crippen molar-refractivity contribution < 1.29 is 0 Å². The van der Waals surface area contributed by atoms with Crippen molar-refractivity contribution in [3.8, 4) is 0 Å². The number of fused-ring (bicyclic) bond motifs is 1. The molecule has 0 saturated carbocycles. The van der Waals surface area contributed by atoms with E-state index in [1.807, 2.05) is 22.7 Å². The molecule has 3 heterocycles. The summed E-state index contributed by atoms with van der Waals surface area (Å²) in [6.07, 6.45) is 3.70. The molecule has 0 radical (unpaired) electrons. The predicted molar refractivity (Wildman–Crippen MR) is 74.7 cm³/mol. The maximum Gasteiger partial charge on any atom is 0.168 e. The summed E-state index contributed by atoms with van der Waals surface area (Å²) in [6, 6.07) is 6.36. The van der Waals surface area contributed by atoms with E-state index < -0.39 is 0 Å². The SMILES string of the molecule is CCN1CCCCC1c1nc2cccc(CN)n2n1. The summed E-state index contributed by atoms with van der Waals surface area (Å²) < 4.78 is 1.89. The monoisotopic (exact) mass is 259 g/mol. The third-order valence-corrected chi connectivity index (χ3v) is 3.98. The smallest absolute Gasteiger partial charge is 0.168 e. The van der Waals surface area contributed by atoms with Crippen LogP contribution in [0, 0.1) is 0 Å². The zero-order chi connectivity index (χ0) is 13.2. The van der Waals surface area contributed by atoms with Crippen LogP contribution < -0.4 is 5.73 Å². The molecule has 2 aromatic heterocycles. The van der Waals surface area contributed by atoms with E-state index >= 15 is 0 Å². The first kappa shape index (κ1) is 12.6. The van der Waals surface area contributed by atoms with E-state index in [0.29, 0.717) is 12.6 Å². The first-order chi connectivity index (χ1) is 9.33. The van der Waals surface area contributed by atoms with Gasteiger partial charge in [0.25, 0.3) is 0 Å². The first-order valence-electron chi connectivity index (χ1n) is 7.12. The van der Waals surface area contributed by atoms with Crippen LogP contribution in [-0.4, -0.2) is 32.6 Å². The second kappa shape index (κ2) is 5.27. The van der Waals surface area contributed by atoms with Crippen molar-refractivity contribution in [1.29, 1.82) is 0 Å². The molecule has 102 valence electrons. The second-order valence-electron chi connectivity index (χ2n) is 5.10. The minimum absolute atomic E-state index is 0.365. The van der Waals surface area contributed by atoms with Crippen LogP contribution in [0.4, 0.5) is 0 Å². The van der Waals surface area contributed by atoms with Crippen LogP contribution in [0.5, 0.6) is 0 Å². The van der Waals surface area contributed by atoms with Gasteiger partial charge in [-0.25, -0.2) is 9.50 Å². The van der Waals surface area contributed by atoms with Crippen LogP contribution in [-0.2, 0) is 6.54 Å². The highest BCUT2D eigenvalue weighted by molar-refractivity contribution is 5.39. The normalized spacial score (nSPS) is 21.1. The molecule has 5 heteroatoms. The molecule has 2 N–H and O–H groups in total. The van der Waals surface area contributed by atoms with Crippen molar-refractivity contribution in [2.75, 3.05) is 13.1 Å². The lowest BCUT2D eigenvalue weighted by molar-refractivity contribution is 0.150. The highest BCUT2D eigenvalue weighted by Crippen LogP contribution is 2.28. The van der Waals surface area contributed by atoms with Gasteiger partial charge in [0.2, 0.25) is 0 Å². The average Bonchev–Trinajstić information content (AvgIpc) is 2.90. The fourth-order valence-electron chi connectivity index (χ4n) is 2.93. The Morgan fingerprint density at radius 2 is 2.26 bits per heavy atom. The van der Waals surface area contributed by atoms with Gasteiger partial charge in [0, 0.05) is 6.54 Å². The van der Waals surface area contributed by atoms with Gasteiger partial charge in [-0.15, -0.1) is 5.10 Å². The minimum atomic E-state index is 0.365. The van der Waals surface area contributed by atoms with Crippen molar-refractivity contribution in [2.24, 2.45) is 5.73 Å². The first-order valence-corrected chi connectivity index (χ1v) is 7.12. The summed E-state index contributed by atoms with van der Waals surface area (Å²) in [5.41, 5.74) is 7.67. The van der Waals surface area contributed by atoms with Gasteiger partial charge in [0.1, 0.15) is 0 Å². The zero-order valence-corrected chi connectivity index (χ0v) is 11.4. The molecule has 0 aromatic carbocycles. The van der Waals surface area contributed by atoms with E-state index in [2.05, 4.69) is 16.9 Å². The Kier molecular flexibility index (Phi) is 3.48. The van der Waals surface area contributed by atoms with Crippen molar-refractivity contribution in [1.82, 2.24) is 19.5 Å². The molecule has 3 rings (SSSR count). The molecule has 1 aliphatic heterocycles. The molecule has 5 nitrogen and oxygen atoms in total. The molecule has 19 heavy (non-hydrogen) atoms. The Morgan fingerprint density at radius 1 is 1.37 bits per heavy atom. The number of nitrogens with two attached hydrogens (primary N) is 1. The summed E-state index contributed by atoms with van der Waals surface area (Å²) in [5, 5.41) is 4.69. The lowest BCUT2D eigenvalue weighted by Crippen LogP contribution is -2.33. The van der Waals surface area contributed by atoms with E-state index in [4.69, 9.17) is 10.7 Å². The van der Waals surface area contributed by atoms with Gasteiger partial charge >= 0.3 is 0 Å². The molecule has 2 aromatic rings. The molecule has 1 saturated heterocycles. The molecule has 0 spiro atoms. The summed E-state index contributed by atoms with van der Waals surface area (Å²) in [6.45, 7) is 4.91. The number of pyridine rings is 1. The zero-order valence-electron chi connectivity index (χ0n) is 11.4. The highest BCUT2D eigenvalue weighted by atomic mass is 15.3. The van der Waals surface area contributed by atoms with Crippen LogP contribution >= 0.6 is 0 Å². The van der Waals surface area contributed by atoms with Gasteiger partial charge in [-0.1, -0.05) is 19.4 Å². The van der Waals surface area contributed by atoms with Crippen LogP contribution in [0.15, 0.2) is 18.2 Å². The molecule has 1 unspecified atom stereocenters. The van der Waals surface area contributed by atoms with Crippen LogP contribution in [0.2, 0.25) is 0 Å². The number of rotatable bonds is 3.